The summed E-state index contributed by atoms with van der Waals surface area (Å²) in [5, 5.41) is 12.2. The van der Waals surface area contributed by atoms with Crippen LogP contribution >= 0.6 is 11.3 Å². The molecule has 6 heteroatoms. The lowest BCUT2D eigenvalue weighted by Crippen LogP contribution is -2.37. The van der Waals surface area contributed by atoms with E-state index in [1.165, 1.54) is 43.4 Å². The molecule has 1 aromatic rings. The van der Waals surface area contributed by atoms with E-state index in [0.29, 0.717) is 11.0 Å². The topological polar surface area (TPSA) is 80.9 Å². The maximum Gasteiger partial charge on any atom is 0.243 e. The molecule has 0 aromatic carbocycles. The van der Waals surface area contributed by atoms with Crippen molar-refractivity contribution in [2.45, 2.75) is 57.9 Å². The fourth-order valence-corrected chi connectivity index (χ4v) is 3.22. The highest BCUT2D eigenvalue weighted by molar-refractivity contribution is 7.15. The Balaban J connectivity index is 1.81. The monoisotopic (exact) mass is 282 g/mol. The van der Waals surface area contributed by atoms with Gasteiger partial charge in [-0.15, -0.1) is 10.2 Å². The summed E-state index contributed by atoms with van der Waals surface area (Å²) in [6.45, 7) is 2.01. The Morgan fingerprint density at radius 1 is 1.42 bits per heavy atom. The standard InChI is InChI=1S/C13H22N4OS/c1-2-11-16-17-13(19-11)15-12(18)10(14)8-9-6-4-3-5-7-9/h9-10H,2-8,14H2,1H3,(H,15,17,18). The van der Waals surface area contributed by atoms with Crippen LogP contribution in [-0.4, -0.2) is 22.1 Å². The van der Waals surface area contributed by atoms with Crippen LogP contribution in [-0.2, 0) is 11.2 Å². The number of carbonyl (C=O) groups excluding carboxylic acids is 1. The summed E-state index contributed by atoms with van der Waals surface area (Å²) in [7, 11) is 0. The van der Waals surface area contributed by atoms with Gasteiger partial charge in [0.05, 0.1) is 6.04 Å². The number of aromatic nitrogens is 2. The number of hydrogen-bond donors (Lipinski definition) is 2. The SMILES string of the molecule is CCc1nnc(NC(=O)C(N)CC2CCCCC2)s1. The molecule has 1 aromatic heterocycles. The van der Waals surface area contributed by atoms with Crippen molar-refractivity contribution in [3.63, 3.8) is 0 Å². The van der Waals surface area contributed by atoms with Gasteiger partial charge in [-0.1, -0.05) is 50.4 Å². The predicted molar refractivity (Wildman–Crippen MR) is 77.1 cm³/mol. The third-order valence-corrected chi connectivity index (χ3v) is 4.63. The number of anilines is 1. The van der Waals surface area contributed by atoms with Crippen molar-refractivity contribution < 1.29 is 4.79 Å². The molecule has 3 N–H and O–H groups in total. The van der Waals surface area contributed by atoms with Gasteiger partial charge in [-0.2, -0.15) is 0 Å². The summed E-state index contributed by atoms with van der Waals surface area (Å²) in [6.07, 6.45) is 7.90. The highest BCUT2D eigenvalue weighted by Crippen LogP contribution is 2.27. The van der Waals surface area contributed by atoms with Gasteiger partial charge in [-0.3, -0.25) is 10.1 Å². The fourth-order valence-electron chi connectivity index (χ4n) is 2.53. The van der Waals surface area contributed by atoms with E-state index in [1.54, 1.807) is 0 Å². The van der Waals surface area contributed by atoms with Crippen molar-refractivity contribution in [2.24, 2.45) is 11.7 Å². The Bertz CT molecular complexity index is 415. The first-order chi connectivity index (χ1) is 9.19. The fraction of sp³-hybridized carbons (Fsp3) is 0.769. The van der Waals surface area contributed by atoms with Crippen LogP contribution in [0.5, 0.6) is 0 Å². The van der Waals surface area contributed by atoms with Crippen LogP contribution < -0.4 is 11.1 Å². The molecule has 1 fully saturated rings. The number of carbonyl (C=O) groups is 1. The minimum absolute atomic E-state index is 0.135. The second-order valence-electron chi connectivity index (χ2n) is 5.19. The first kappa shape index (κ1) is 14.4. The van der Waals surface area contributed by atoms with Gasteiger partial charge in [0.2, 0.25) is 11.0 Å². The van der Waals surface area contributed by atoms with Crippen LogP contribution in [0.2, 0.25) is 0 Å². The highest BCUT2D eigenvalue weighted by Gasteiger charge is 2.22. The van der Waals surface area contributed by atoms with Crippen LogP contribution in [0, 0.1) is 5.92 Å². The molecule has 1 amide bonds. The van der Waals surface area contributed by atoms with Gasteiger partial charge in [-0.25, -0.2) is 0 Å². The van der Waals surface area contributed by atoms with Crippen molar-refractivity contribution in [3.8, 4) is 0 Å². The summed E-state index contributed by atoms with van der Waals surface area (Å²) >= 11 is 1.41. The molecule has 106 valence electrons. The zero-order valence-electron chi connectivity index (χ0n) is 11.4. The van der Waals surface area contributed by atoms with E-state index < -0.39 is 6.04 Å². The lowest BCUT2D eigenvalue weighted by Gasteiger charge is -2.23. The number of nitrogens with one attached hydrogen (secondary N) is 1. The van der Waals surface area contributed by atoms with E-state index in [0.717, 1.165) is 17.8 Å². The zero-order valence-corrected chi connectivity index (χ0v) is 12.2. The Labute approximate surface area is 118 Å². The second kappa shape index (κ2) is 6.96. The van der Waals surface area contributed by atoms with Crippen molar-refractivity contribution >= 4 is 22.4 Å². The summed E-state index contributed by atoms with van der Waals surface area (Å²) in [5.74, 6) is 0.472. The molecule has 0 bridgehead atoms. The molecule has 1 saturated carbocycles. The maximum absolute atomic E-state index is 12.0. The van der Waals surface area contributed by atoms with Crippen molar-refractivity contribution in [3.05, 3.63) is 5.01 Å². The van der Waals surface area contributed by atoms with Crippen LogP contribution in [0.3, 0.4) is 0 Å². The zero-order chi connectivity index (χ0) is 13.7. The Kier molecular flexibility index (Phi) is 5.27. The number of aryl methyl sites for hydroxylation is 1. The molecule has 0 saturated heterocycles. The Morgan fingerprint density at radius 3 is 2.79 bits per heavy atom. The molecular formula is C13H22N4OS. The van der Waals surface area contributed by atoms with E-state index in [2.05, 4.69) is 15.5 Å². The smallest absolute Gasteiger partial charge is 0.243 e. The van der Waals surface area contributed by atoms with Crippen molar-refractivity contribution in [1.82, 2.24) is 10.2 Å². The van der Waals surface area contributed by atoms with Gasteiger partial charge in [0.25, 0.3) is 0 Å². The molecule has 5 nitrogen and oxygen atoms in total. The Hall–Kier alpha value is -1.01. The molecule has 0 aliphatic heterocycles. The first-order valence-corrected chi connectivity index (χ1v) is 7.89. The van der Waals surface area contributed by atoms with Gasteiger partial charge in [0, 0.05) is 0 Å². The number of hydrogen-bond acceptors (Lipinski definition) is 5. The number of nitrogens with two attached hydrogens (primary N) is 1. The summed E-state index contributed by atoms with van der Waals surface area (Å²) < 4.78 is 0. The van der Waals surface area contributed by atoms with Gasteiger partial charge in [0.1, 0.15) is 5.01 Å². The lowest BCUT2D eigenvalue weighted by atomic mass is 9.85. The van der Waals surface area contributed by atoms with Crippen LogP contribution in [0.15, 0.2) is 0 Å². The largest absolute Gasteiger partial charge is 0.320 e. The highest BCUT2D eigenvalue weighted by atomic mass is 32.1. The van der Waals surface area contributed by atoms with Gasteiger partial charge in [0.15, 0.2) is 0 Å². The molecule has 19 heavy (non-hydrogen) atoms. The van der Waals surface area contributed by atoms with Crippen LogP contribution in [0.4, 0.5) is 5.13 Å². The van der Waals surface area contributed by atoms with E-state index in [1.807, 2.05) is 6.92 Å². The maximum atomic E-state index is 12.0. The van der Waals surface area contributed by atoms with Crippen LogP contribution in [0.25, 0.3) is 0 Å². The molecule has 1 atom stereocenters. The molecule has 1 heterocycles. The lowest BCUT2D eigenvalue weighted by molar-refractivity contribution is -0.117. The van der Waals surface area contributed by atoms with Crippen LogP contribution in [0.1, 0.15) is 50.5 Å². The van der Waals surface area contributed by atoms with Gasteiger partial charge >= 0.3 is 0 Å². The number of rotatable bonds is 5. The van der Waals surface area contributed by atoms with E-state index in [4.69, 9.17) is 5.73 Å². The second-order valence-corrected chi connectivity index (χ2v) is 6.25. The molecule has 0 radical (unpaired) electrons. The van der Waals surface area contributed by atoms with Gasteiger partial charge < -0.3 is 5.73 Å². The van der Waals surface area contributed by atoms with E-state index in [-0.39, 0.29) is 5.91 Å². The van der Waals surface area contributed by atoms with E-state index >= 15 is 0 Å². The summed E-state index contributed by atoms with van der Waals surface area (Å²) in [5.41, 5.74) is 5.98. The molecule has 1 aliphatic rings. The summed E-state index contributed by atoms with van der Waals surface area (Å²) in [4.78, 5) is 12.0. The number of nitrogens with zero attached hydrogens (tertiary/aromatic N) is 2. The summed E-state index contributed by atoms with van der Waals surface area (Å²) in [6, 6.07) is -0.433. The van der Waals surface area contributed by atoms with Crippen molar-refractivity contribution in [1.29, 1.82) is 0 Å². The van der Waals surface area contributed by atoms with E-state index in [9.17, 15) is 4.79 Å². The average Bonchev–Trinajstić information content (AvgIpc) is 2.87. The minimum Gasteiger partial charge on any atom is -0.320 e. The molecule has 0 spiro atoms. The molecule has 1 aliphatic carbocycles. The molecule has 2 rings (SSSR count). The normalized spacial score (nSPS) is 18.2. The third-order valence-electron chi connectivity index (χ3n) is 3.65. The number of amides is 1. The minimum atomic E-state index is -0.433. The average molecular weight is 282 g/mol. The quantitative estimate of drug-likeness (QED) is 0.868. The Morgan fingerprint density at radius 2 is 2.16 bits per heavy atom. The third kappa shape index (κ3) is 4.24. The molecular weight excluding hydrogens is 260 g/mol. The predicted octanol–water partition coefficient (Wildman–Crippen LogP) is 2.34. The molecule has 1 unspecified atom stereocenters. The van der Waals surface area contributed by atoms with Gasteiger partial charge in [-0.05, 0) is 18.8 Å². The first-order valence-electron chi connectivity index (χ1n) is 7.08. The van der Waals surface area contributed by atoms with Crippen molar-refractivity contribution in [2.75, 3.05) is 5.32 Å².